The highest BCUT2D eigenvalue weighted by atomic mass is 32.1. The van der Waals surface area contributed by atoms with E-state index in [9.17, 15) is 5.11 Å². The normalized spacial score (nSPS) is 11.3. The first-order valence-electron chi connectivity index (χ1n) is 7.17. The lowest BCUT2D eigenvalue weighted by atomic mass is 10.1. The number of nitrogens with zero attached hydrogens (tertiary/aromatic N) is 3. The van der Waals surface area contributed by atoms with Crippen LogP contribution >= 0.6 is 22.9 Å². The molecule has 0 aliphatic heterocycles. The lowest BCUT2D eigenvalue weighted by Gasteiger charge is -2.31. The van der Waals surface area contributed by atoms with Crippen LogP contribution in [0.25, 0.3) is 10.6 Å². The summed E-state index contributed by atoms with van der Waals surface area (Å²) in [6.45, 7) is 7.00. The maximum Gasteiger partial charge on any atom is 0.149 e. The summed E-state index contributed by atoms with van der Waals surface area (Å²) in [6.07, 6.45) is 2.04. The van der Waals surface area contributed by atoms with Crippen LogP contribution < -0.4 is 10.6 Å². The van der Waals surface area contributed by atoms with Gasteiger partial charge in [-0.25, -0.2) is 4.98 Å². The fourth-order valence-corrected chi connectivity index (χ4v) is 4.28. The van der Waals surface area contributed by atoms with E-state index < -0.39 is 0 Å². The second-order valence-electron chi connectivity index (χ2n) is 4.93. The molecule has 0 spiro atoms. The zero-order valence-corrected chi connectivity index (χ0v) is 14.3. The molecule has 0 aliphatic rings. The van der Waals surface area contributed by atoms with Crippen molar-refractivity contribution < 1.29 is 5.11 Å². The van der Waals surface area contributed by atoms with Crippen LogP contribution in [0.5, 0.6) is 0 Å². The van der Waals surface area contributed by atoms with E-state index in [2.05, 4.69) is 28.1 Å². The van der Waals surface area contributed by atoms with Gasteiger partial charge in [0.1, 0.15) is 15.8 Å². The highest BCUT2D eigenvalue weighted by molar-refractivity contribution is 7.15. The van der Waals surface area contributed by atoms with Crippen molar-refractivity contribution in [2.75, 3.05) is 23.8 Å². The van der Waals surface area contributed by atoms with Crippen molar-refractivity contribution >= 4 is 33.7 Å². The van der Waals surface area contributed by atoms with E-state index in [1.165, 1.54) is 11.5 Å². The molecule has 0 aliphatic carbocycles. The van der Waals surface area contributed by atoms with E-state index in [1.807, 2.05) is 12.3 Å². The van der Waals surface area contributed by atoms with Gasteiger partial charge in [0.25, 0.3) is 0 Å². The first-order valence-corrected chi connectivity index (χ1v) is 8.82. The van der Waals surface area contributed by atoms with Crippen molar-refractivity contribution in [3.8, 4) is 10.6 Å². The van der Waals surface area contributed by atoms with Crippen molar-refractivity contribution in [3.63, 3.8) is 0 Å². The number of thiazole rings is 1. The predicted molar refractivity (Wildman–Crippen MR) is 91.2 cm³/mol. The van der Waals surface area contributed by atoms with Gasteiger partial charge in [0.2, 0.25) is 0 Å². The van der Waals surface area contributed by atoms with Gasteiger partial charge in [-0.3, -0.25) is 0 Å². The van der Waals surface area contributed by atoms with Gasteiger partial charge >= 0.3 is 0 Å². The van der Waals surface area contributed by atoms with Gasteiger partial charge in [-0.05, 0) is 31.3 Å². The molecular formula is C14H22N4OS2. The maximum atomic E-state index is 9.41. The largest absolute Gasteiger partial charge is 0.395 e. The minimum absolute atomic E-state index is 0.116. The maximum absolute atomic E-state index is 9.41. The molecule has 116 valence electrons. The van der Waals surface area contributed by atoms with Gasteiger partial charge in [0.05, 0.1) is 12.2 Å². The fourth-order valence-electron chi connectivity index (χ4n) is 2.45. The molecule has 0 fully saturated rings. The molecule has 0 atom stereocenters. The number of nitrogens with two attached hydrogens (primary N) is 1. The third-order valence-electron chi connectivity index (χ3n) is 3.52. The second kappa shape index (κ2) is 7.20. The Labute approximate surface area is 133 Å². The number of anilines is 2. The summed E-state index contributed by atoms with van der Waals surface area (Å²) in [5.74, 6) is 0.526. The summed E-state index contributed by atoms with van der Waals surface area (Å²) in [7, 11) is 0. The Kier molecular flexibility index (Phi) is 5.55. The van der Waals surface area contributed by atoms with Crippen LogP contribution in [-0.4, -0.2) is 33.7 Å². The molecule has 21 heavy (non-hydrogen) atoms. The van der Waals surface area contributed by atoms with Crippen LogP contribution in [0, 0.1) is 6.92 Å². The van der Waals surface area contributed by atoms with E-state index in [-0.39, 0.29) is 6.61 Å². The number of aliphatic hydroxyl groups excluding tert-OH is 1. The van der Waals surface area contributed by atoms with Crippen LogP contribution in [0.15, 0.2) is 5.38 Å². The summed E-state index contributed by atoms with van der Waals surface area (Å²) in [5, 5.41) is 13.3. The fraction of sp³-hybridized carbons (Fsp3) is 0.571. The van der Waals surface area contributed by atoms with Crippen LogP contribution in [-0.2, 0) is 0 Å². The Balaban J connectivity index is 2.46. The Bertz CT molecular complexity index is 577. The predicted octanol–water partition coefficient (Wildman–Crippen LogP) is 3.14. The minimum Gasteiger partial charge on any atom is -0.395 e. The summed E-state index contributed by atoms with van der Waals surface area (Å²) in [6, 6.07) is 0.372. The van der Waals surface area contributed by atoms with E-state index in [0.29, 0.717) is 18.4 Å². The summed E-state index contributed by atoms with van der Waals surface area (Å²) in [5.41, 5.74) is 7.98. The first kappa shape index (κ1) is 16.2. The minimum atomic E-state index is 0.116. The molecule has 2 heterocycles. The molecule has 0 radical (unpaired) electrons. The average molecular weight is 326 g/mol. The van der Waals surface area contributed by atoms with Crippen molar-refractivity contribution in [3.05, 3.63) is 11.1 Å². The van der Waals surface area contributed by atoms with Gasteiger partial charge in [-0.15, -0.1) is 11.3 Å². The molecule has 3 N–H and O–H groups in total. The third-order valence-corrected chi connectivity index (χ3v) is 5.40. The van der Waals surface area contributed by atoms with Crippen LogP contribution in [0.3, 0.4) is 0 Å². The van der Waals surface area contributed by atoms with Crippen molar-refractivity contribution in [1.29, 1.82) is 0 Å². The summed E-state index contributed by atoms with van der Waals surface area (Å²) < 4.78 is 4.32. The number of rotatable bonds is 7. The highest BCUT2D eigenvalue weighted by Gasteiger charge is 2.25. The molecule has 0 amide bonds. The molecule has 0 unspecified atom stereocenters. The van der Waals surface area contributed by atoms with E-state index in [1.54, 1.807) is 11.3 Å². The molecular weight excluding hydrogens is 304 g/mol. The Morgan fingerprint density at radius 2 is 2.10 bits per heavy atom. The SMILES string of the molecule is CCC(CC)N(CCO)c1snc(N)c1-c1nc(C)cs1. The first-order chi connectivity index (χ1) is 10.1. The lowest BCUT2D eigenvalue weighted by Crippen LogP contribution is -2.36. The van der Waals surface area contributed by atoms with Crippen molar-refractivity contribution in [1.82, 2.24) is 9.36 Å². The average Bonchev–Trinajstić information content (AvgIpc) is 3.05. The smallest absolute Gasteiger partial charge is 0.149 e. The number of hydrogen-bond acceptors (Lipinski definition) is 7. The number of aryl methyl sites for hydroxylation is 1. The van der Waals surface area contributed by atoms with E-state index in [0.717, 1.165) is 34.1 Å². The molecule has 0 bridgehead atoms. The molecule has 5 nitrogen and oxygen atoms in total. The molecule has 2 rings (SSSR count). The number of nitrogen functional groups attached to an aromatic ring is 1. The van der Waals surface area contributed by atoms with Crippen molar-refractivity contribution in [2.24, 2.45) is 0 Å². The second-order valence-corrected chi connectivity index (χ2v) is 6.54. The van der Waals surface area contributed by atoms with E-state index in [4.69, 9.17) is 5.73 Å². The molecule has 2 aromatic rings. The summed E-state index contributed by atoms with van der Waals surface area (Å²) >= 11 is 2.98. The Morgan fingerprint density at radius 3 is 2.62 bits per heavy atom. The topological polar surface area (TPSA) is 75.3 Å². The van der Waals surface area contributed by atoms with Gasteiger partial charge < -0.3 is 15.7 Å². The van der Waals surface area contributed by atoms with Crippen LogP contribution in [0.1, 0.15) is 32.4 Å². The van der Waals surface area contributed by atoms with E-state index >= 15 is 0 Å². The zero-order valence-electron chi connectivity index (χ0n) is 12.7. The number of aliphatic hydroxyl groups is 1. The van der Waals surface area contributed by atoms with Gasteiger partial charge in [0.15, 0.2) is 0 Å². The van der Waals surface area contributed by atoms with Gasteiger partial charge in [0, 0.05) is 23.7 Å². The number of hydrogen-bond donors (Lipinski definition) is 2. The molecule has 0 saturated carbocycles. The lowest BCUT2D eigenvalue weighted by molar-refractivity contribution is 0.296. The van der Waals surface area contributed by atoms with Crippen molar-refractivity contribution in [2.45, 2.75) is 39.7 Å². The highest BCUT2D eigenvalue weighted by Crippen LogP contribution is 2.41. The van der Waals surface area contributed by atoms with Gasteiger partial charge in [-0.1, -0.05) is 13.8 Å². The quantitative estimate of drug-likeness (QED) is 0.817. The molecule has 0 aromatic carbocycles. The summed E-state index contributed by atoms with van der Waals surface area (Å²) in [4.78, 5) is 6.77. The standard InChI is InChI=1S/C14H22N4OS2/c1-4-10(5-2)18(6-7-19)14-11(12(15)17-21-14)13-16-9(3)8-20-13/h8,10,19H,4-7H2,1-3H3,(H2,15,17). The Hall–Kier alpha value is -1.18. The monoisotopic (exact) mass is 326 g/mol. The third kappa shape index (κ3) is 3.36. The molecule has 0 saturated heterocycles. The molecule has 7 heteroatoms. The zero-order chi connectivity index (χ0) is 15.4. The van der Waals surface area contributed by atoms with Crippen LogP contribution in [0.2, 0.25) is 0 Å². The number of aromatic nitrogens is 2. The van der Waals surface area contributed by atoms with Gasteiger partial charge in [-0.2, -0.15) is 4.37 Å². The van der Waals surface area contributed by atoms with Crippen LogP contribution in [0.4, 0.5) is 10.8 Å². The Morgan fingerprint density at radius 1 is 1.38 bits per heavy atom. The molecule has 2 aromatic heterocycles.